The van der Waals surface area contributed by atoms with E-state index >= 15 is 0 Å². The second-order valence-corrected chi connectivity index (χ2v) is 5.51. The molecule has 3 rings (SSSR count). The van der Waals surface area contributed by atoms with Crippen molar-refractivity contribution in [2.24, 2.45) is 0 Å². The Morgan fingerprint density at radius 2 is 2.50 bits per heavy atom. The van der Waals surface area contributed by atoms with E-state index < -0.39 is 0 Å². The molecule has 0 aromatic carbocycles. The maximum absolute atomic E-state index is 11.1. The lowest BCUT2D eigenvalue weighted by atomic mass is 9.96. The molecule has 96 valence electrons. The van der Waals surface area contributed by atoms with Gasteiger partial charge in [-0.05, 0) is 19.4 Å². The van der Waals surface area contributed by atoms with Crippen LogP contribution in [0.4, 0.5) is 0 Å². The number of aromatic amines is 1. The number of aromatic nitrogens is 3. The lowest BCUT2D eigenvalue weighted by molar-refractivity contribution is 0.443. The average Bonchev–Trinajstić information content (AvgIpc) is 3.00. The summed E-state index contributed by atoms with van der Waals surface area (Å²) >= 11 is 1.21. The highest BCUT2D eigenvalue weighted by atomic mass is 32.1. The Kier molecular flexibility index (Phi) is 3.29. The molecular formula is C12H16N4OS. The molecule has 1 saturated heterocycles. The molecule has 6 heteroatoms. The van der Waals surface area contributed by atoms with Crippen molar-refractivity contribution >= 4 is 11.3 Å². The Morgan fingerprint density at radius 1 is 1.56 bits per heavy atom. The molecule has 0 amide bonds. The maximum Gasteiger partial charge on any atom is 0.304 e. The minimum Gasteiger partial charge on any atom is -0.328 e. The highest BCUT2D eigenvalue weighted by Crippen LogP contribution is 2.23. The van der Waals surface area contributed by atoms with E-state index in [1.165, 1.54) is 29.9 Å². The van der Waals surface area contributed by atoms with Crippen LogP contribution in [0.5, 0.6) is 0 Å². The third-order valence-corrected chi connectivity index (χ3v) is 4.09. The fourth-order valence-electron chi connectivity index (χ4n) is 2.48. The molecule has 3 heterocycles. The van der Waals surface area contributed by atoms with Crippen LogP contribution < -0.4 is 10.2 Å². The quantitative estimate of drug-likeness (QED) is 0.874. The molecule has 1 aliphatic heterocycles. The normalized spacial score (nSPS) is 20.1. The zero-order valence-electron chi connectivity index (χ0n) is 10.1. The monoisotopic (exact) mass is 264 g/mol. The van der Waals surface area contributed by atoms with E-state index in [-0.39, 0.29) is 4.87 Å². The largest absolute Gasteiger partial charge is 0.328 e. The molecule has 0 radical (unpaired) electrons. The van der Waals surface area contributed by atoms with Crippen molar-refractivity contribution < 1.29 is 0 Å². The summed E-state index contributed by atoms with van der Waals surface area (Å²) in [5, 5.41) is 5.30. The highest BCUT2D eigenvalue weighted by Gasteiger charge is 2.18. The number of hydrogen-bond donors (Lipinski definition) is 2. The van der Waals surface area contributed by atoms with Crippen LogP contribution in [0.15, 0.2) is 22.7 Å². The molecular weight excluding hydrogens is 248 g/mol. The summed E-state index contributed by atoms with van der Waals surface area (Å²) in [4.78, 5) is 18.2. The third kappa shape index (κ3) is 2.39. The smallest absolute Gasteiger partial charge is 0.304 e. The first-order valence-electron chi connectivity index (χ1n) is 6.20. The van der Waals surface area contributed by atoms with Crippen molar-refractivity contribution in [2.75, 3.05) is 13.1 Å². The Labute approximate surface area is 109 Å². The Bertz CT molecular complexity index is 564. The number of hydrogen-bond acceptors (Lipinski definition) is 4. The molecule has 0 spiro atoms. The van der Waals surface area contributed by atoms with Crippen LogP contribution in [0.1, 0.15) is 30.1 Å². The highest BCUT2D eigenvalue weighted by molar-refractivity contribution is 7.07. The molecule has 2 N–H and O–H groups in total. The fraction of sp³-hybridized carbons (Fsp3) is 0.500. The molecule has 0 aliphatic carbocycles. The van der Waals surface area contributed by atoms with E-state index in [0.717, 1.165) is 18.8 Å². The van der Waals surface area contributed by atoms with Gasteiger partial charge >= 0.3 is 4.87 Å². The predicted octanol–water partition coefficient (Wildman–Crippen LogP) is 1.15. The Hall–Kier alpha value is -1.40. The summed E-state index contributed by atoms with van der Waals surface area (Å²) in [6, 6.07) is 0. The molecule has 1 atom stereocenters. The first-order chi connectivity index (χ1) is 8.83. The minimum absolute atomic E-state index is 0.00555. The van der Waals surface area contributed by atoms with Crippen molar-refractivity contribution in [2.45, 2.75) is 25.3 Å². The van der Waals surface area contributed by atoms with E-state index in [1.54, 1.807) is 0 Å². The molecule has 2 aromatic heterocycles. The van der Waals surface area contributed by atoms with Crippen LogP contribution >= 0.6 is 11.3 Å². The first-order valence-corrected chi connectivity index (χ1v) is 7.08. The number of imidazole rings is 1. The van der Waals surface area contributed by atoms with Crippen molar-refractivity contribution in [1.29, 1.82) is 0 Å². The van der Waals surface area contributed by atoms with Crippen LogP contribution in [-0.2, 0) is 6.54 Å². The summed E-state index contributed by atoms with van der Waals surface area (Å²) < 4.78 is 2.13. The van der Waals surface area contributed by atoms with Gasteiger partial charge in [-0.25, -0.2) is 4.98 Å². The van der Waals surface area contributed by atoms with Crippen molar-refractivity contribution in [3.8, 4) is 0 Å². The number of thiazole rings is 1. The molecule has 5 nitrogen and oxygen atoms in total. The summed E-state index contributed by atoms with van der Waals surface area (Å²) in [5.74, 6) is 0.534. The number of piperidine rings is 1. The Balaban J connectivity index is 1.80. The van der Waals surface area contributed by atoms with E-state index in [9.17, 15) is 4.79 Å². The lowest BCUT2D eigenvalue weighted by Gasteiger charge is -2.23. The SMILES string of the molecule is O=c1[nH]c(Cn2cncc2C2CCCNC2)cs1. The van der Waals surface area contributed by atoms with Gasteiger partial charge in [-0.15, -0.1) is 0 Å². The van der Waals surface area contributed by atoms with Crippen molar-refractivity contribution in [1.82, 2.24) is 19.9 Å². The summed E-state index contributed by atoms with van der Waals surface area (Å²) in [7, 11) is 0. The first kappa shape index (κ1) is 11.7. The fourth-order valence-corrected chi connectivity index (χ4v) is 3.06. The van der Waals surface area contributed by atoms with Crippen LogP contribution in [0.2, 0.25) is 0 Å². The molecule has 18 heavy (non-hydrogen) atoms. The molecule has 1 fully saturated rings. The summed E-state index contributed by atoms with van der Waals surface area (Å²) in [5.41, 5.74) is 2.21. The number of nitrogens with zero attached hydrogens (tertiary/aromatic N) is 2. The van der Waals surface area contributed by atoms with Crippen molar-refractivity contribution in [3.05, 3.63) is 39.0 Å². The lowest BCUT2D eigenvalue weighted by Crippen LogP contribution is -2.29. The van der Waals surface area contributed by atoms with E-state index in [4.69, 9.17) is 0 Å². The molecule has 1 unspecified atom stereocenters. The van der Waals surface area contributed by atoms with Crippen LogP contribution in [-0.4, -0.2) is 27.6 Å². The van der Waals surface area contributed by atoms with Gasteiger partial charge in [-0.2, -0.15) is 0 Å². The minimum atomic E-state index is 0.00555. The van der Waals surface area contributed by atoms with E-state index in [1.807, 2.05) is 17.9 Å². The third-order valence-electron chi connectivity index (χ3n) is 3.37. The second kappa shape index (κ2) is 5.07. The van der Waals surface area contributed by atoms with Crippen LogP contribution in [0.25, 0.3) is 0 Å². The molecule has 1 aliphatic rings. The van der Waals surface area contributed by atoms with Gasteiger partial charge in [0.1, 0.15) is 0 Å². The molecule has 2 aromatic rings. The standard InChI is InChI=1S/C12H16N4OS/c17-12-15-10(7-18-12)6-16-8-14-5-11(16)9-2-1-3-13-4-9/h5,7-9,13H,1-4,6H2,(H,15,17). The van der Waals surface area contributed by atoms with Crippen molar-refractivity contribution in [3.63, 3.8) is 0 Å². The average molecular weight is 264 g/mol. The number of rotatable bonds is 3. The second-order valence-electron chi connectivity index (χ2n) is 4.66. The predicted molar refractivity (Wildman–Crippen MR) is 71.1 cm³/mol. The zero-order chi connectivity index (χ0) is 12.4. The zero-order valence-corrected chi connectivity index (χ0v) is 10.9. The topological polar surface area (TPSA) is 62.7 Å². The van der Waals surface area contributed by atoms with Gasteiger partial charge in [0.05, 0.1) is 12.9 Å². The van der Waals surface area contributed by atoms with Gasteiger partial charge in [0.15, 0.2) is 0 Å². The molecule has 0 bridgehead atoms. The van der Waals surface area contributed by atoms with Gasteiger partial charge in [-0.3, -0.25) is 4.79 Å². The van der Waals surface area contributed by atoms with E-state index in [2.05, 4.69) is 19.9 Å². The van der Waals surface area contributed by atoms with E-state index in [0.29, 0.717) is 12.5 Å². The Morgan fingerprint density at radius 3 is 3.22 bits per heavy atom. The van der Waals surface area contributed by atoms with Crippen LogP contribution in [0, 0.1) is 0 Å². The van der Waals surface area contributed by atoms with Gasteiger partial charge < -0.3 is 14.9 Å². The van der Waals surface area contributed by atoms with Gasteiger partial charge in [0, 0.05) is 35.4 Å². The van der Waals surface area contributed by atoms with Crippen LogP contribution in [0.3, 0.4) is 0 Å². The summed E-state index contributed by atoms with van der Waals surface area (Å²) in [6.07, 6.45) is 6.21. The number of nitrogens with one attached hydrogen (secondary N) is 2. The summed E-state index contributed by atoms with van der Waals surface area (Å²) in [6.45, 7) is 2.83. The van der Waals surface area contributed by atoms with Gasteiger partial charge in [0.25, 0.3) is 0 Å². The molecule has 0 saturated carbocycles. The maximum atomic E-state index is 11.1. The number of H-pyrrole nitrogens is 1. The van der Waals surface area contributed by atoms with Gasteiger partial charge in [0.2, 0.25) is 0 Å². The van der Waals surface area contributed by atoms with Gasteiger partial charge in [-0.1, -0.05) is 11.3 Å².